The van der Waals surface area contributed by atoms with Crippen molar-refractivity contribution in [2.45, 2.75) is 12.8 Å². The number of hydrogen-bond donors (Lipinski definition) is 2. The molecule has 0 unspecified atom stereocenters. The van der Waals surface area contributed by atoms with Crippen molar-refractivity contribution in [2.75, 3.05) is 6.61 Å². The van der Waals surface area contributed by atoms with Crippen molar-refractivity contribution in [3.05, 3.63) is 47.5 Å². The third kappa shape index (κ3) is 3.95. The van der Waals surface area contributed by atoms with E-state index in [0.717, 1.165) is 5.56 Å². The maximum absolute atomic E-state index is 11.0. The molecule has 0 saturated carbocycles. The number of benzene rings is 1. The third-order valence-corrected chi connectivity index (χ3v) is 2.12. The van der Waals surface area contributed by atoms with Crippen molar-refractivity contribution in [1.29, 1.82) is 0 Å². The number of rotatable bonds is 5. The Morgan fingerprint density at radius 3 is 2.53 bits per heavy atom. The fraction of sp³-hybridized carbons (Fsp3) is 0.250. The topological polar surface area (TPSA) is 63.3 Å². The highest BCUT2D eigenvalue weighted by molar-refractivity contribution is 5.91. The maximum Gasteiger partial charge on any atom is 0.244 e. The van der Waals surface area contributed by atoms with Crippen molar-refractivity contribution in [3.63, 3.8) is 0 Å². The lowest BCUT2D eigenvalue weighted by molar-refractivity contribution is -0.114. The average molecular weight is 205 g/mol. The van der Waals surface area contributed by atoms with Gasteiger partial charge in [-0.25, -0.2) is 0 Å². The Bertz CT molecular complexity index is 344. The van der Waals surface area contributed by atoms with Crippen LogP contribution in [0.25, 0.3) is 0 Å². The van der Waals surface area contributed by atoms with Crippen LogP contribution in [0.3, 0.4) is 0 Å². The van der Waals surface area contributed by atoms with Crippen LogP contribution >= 0.6 is 0 Å². The van der Waals surface area contributed by atoms with Gasteiger partial charge in [0.1, 0.15) is 0 Å². The van der Waals surface area contributed by atoms with Gasteiger partial charge in [-0.1, -0.05) is 36.4 Å². The van der Waals surface area contributed by atoms with E-state index in [-0.39, 0.29) is 6.61 Å². The summed E-state index contributed by atoms with van der Waals surface area (Å²) in [6, 6.07) is 9.79. The molecule has 1 aromatic carbocycles. The summed E-state index contributed by atoms with van der Waals surface area (Å²) in [4.78, 5) is 11.0. The van der Waals surface area contributed by atoms with E-state index in [0.29, 0.717) is 18.4 Å². The highest BCUT2D eigenvalue weighted by Crippen LogP contribution is 2.05. The minimum atomic E-state index is -0.458. The van der Waals surface area contributed by atoms with Gasteiger partial charge in [0.05, 0.1) is 0 Å². The smallest absolute Gasteiger partial charge is 0.244 e. The van der Waals surface area contributed by atoms with Gasteiger partial charge in [0, 0.05) is 18.6 Å². The minimum absolute atomic E-state index is 0.0520. The van der Waals surface area contributed by atoms with Crippen molar-refractivity contribution in [2.24, 2.45) is 5.73 Å². The first kappa shape index (κ1) is 11.5. The molecule has 0 aliphatic heterocycles. The Kier molecular flexibility index (Phi) is 4.57. The molecule has 0 spiro atoms. The zero-order chi connectivity index (χ0) is 11.1. The van der Waals surface area contributed by atoms with Crippen LogP contribution in [-0.4, -0.2) is 17.6 Å². The van der Waals surface area contributed by atoms with Gasteiger partial charge in [0.2, 0.25) is 5.91 Å². The fourth-order valence-corrected chi connectivity index (χ4v) is 1.30. The van der Waals surface area contributed by atoms with Crippen LogP contribution in [0.4, 0.5) is 0 Å². The Morgan fingerprint density at radius 2 is 2.00 bits per heavy atom. The number of amides is 1. The Hall–Kier alpha value is -1.61. The van der Waals surface area contributed by atoms with Crippen molar-refractivity contribution >= 4 is 5.91 Å². The lowest BCUT2D eigenvalue weighted by Gasteiger charge is -2.01. The molecule has 1 amide bonds. The second-order valence-electron chi connectivity index (χ2n) is 3.26. The number of carbonyl (C=O) groups is 1. The molecular formula is C12H15NO2. The molecule has 3 N–H and O–H groups in total. The van der Waals surface area contributed by atoms with Gasteiger partial charge < -0.3 is 10.8 Å². The first-order valence-corrected chi connectivity index (χ1v) is 4.87. The molecule has 0 heterocycles. The zero-order valence-electron chi connectivity index (χ0n) is 8.52. The van der Waals surface area contributed by atoms with Gasteiger partial charge in [-0.3, -0.25) is 4.79 Å². The van der Waals surface area contributed by atoms with Crippen LogP contribution in [0.5, 0.6) is 0 Å². The fourth-order valence-electron chi connectivity index (χ4n) is 1.30. The zero-order valence-corrected chi connectivity index (χ0v) is 8.52. The highest BCUT2D eigenvalue weighted by Gasteiger charge is 2.02. The molecule has 3 heteroatoms. The molecule has 0 fully saturated rings. The van der Waals surface area contributed by atoms with Crippen LogP contribution in [0.2, 0.25) is 0 Å². The third-order valence-electron chi connectivity index (χ3n) is 2.12. The normalized spacial score (nSPS) is 11.4. The lowest BCUT2D eigenvalue weighted by Crippen LogP contribution is -2.15. The first-order chi connectivity index (χ1) is 7.24. The molecule has 80 valence electrons. The summed E-state index contributed by atoms with van der Waals surface area (Å²) in [5.41, 5.74) is 6.78. The molecule has 1 aromatic rings. The molecule has 0 aliphatic rings. The van der Waals surface area contributed by atoms with Gasteiger partial charge in [0.15, 0.2) is 0 Å². The van der Waals surface area contributed by atoms with Gasteiger partial charge in [-0.05, 0) is 12.0 Å². The number of allylic oxidation sites excluding steroid dienone is 1. The predicted octanol–water partition coefficient (Wildman–Crippen LogP) is 1.02. The van der Waals surface area contributed by atoms with E-state index < -0.39 is 5.91 Å². The Labute approximate surface area is 89.2 Å². The Morgan fingerprint density at radius 1 is 1.33 bits per heavy atom. The van der Waals surface area contributed by atoms with E-state index in [1.54, 1.807) is 6.08 Å². The lowest BCUT2D eigenvalue weighted by atomic mass is 10.1. The number of carbonyl (C=O) groups excluding carboxylic acids is 1. The largest absolute Gasteiger partial charge is 0.396 e. The number of hydrogen-bond acceptors (Lipinski definition) is 2. The summed E-state index contributed by atoms with van der Waals surface area (Å²) in [6.45, 7) is -0.0520. The van der Waals surface area contributed by atoms with Crippen molar-refractivity contribution in [1.82, 2.24) is 0 Å². The van der Waals surface area contributed by atoms with E-state index in [2.05, 4.69) is 0 Å². The molecule has 0 saturated heterocycles. The van der Waals surface area contributed by atoms with Crippen LogP contribution in [0, 0.1) is 0 Å². The molecule has 0 aromatic heterocycles. The van der Waals surface area contributed by atoms with Crippen molar-refractivity contribution < 1.29 is 9.90 Å². The average Bonchev–Trinajstić information content (AvgIpc) is 2.25. The van der Waals surface area contributed by atoms with Crippen LogP contribution < -0.4 is 5.73 Å². The Balaban J connectivity index is 2.65. The standard InChI is InChI=1S/C12H15NO2/c13-12(15)11(8-9-14)7-6-10-4-2-1-3-5-10/h1-5,7,14H,6,8-9H2,(H2,13,15). The summed E-state index contributed by atoms with van der Waals surface area (Å²) >= 11 is 0. The number of aliphatic hydroxyl groups excluding tert-OH is 1. The van der Waals surface area contributed by atoms with Crippen LogP contribution in [0.1, 0.15) is 12.0 Å². The quantitative estimate of drug-likeness (QED) is 0.705. The van der Waals surface area contributed by atoms with Gasteiger partial charge >= 0.3 is 0 Å². The highest BCUT2D eigenvalue weighted by atomic mass is 16.3. The second kappa shape index (κ2) is 5.98. The molecular weight excluding hydrogens is 190 g/mol. The molecule has 0 radical (unpaired) electrons. The van der Waals surface area contributed by atoms with Gasteiger partial charge in [-0.15, -0.1) is 0 Å². The van der Waals surface area contributed by atoms with Crippen molar-refractivity contribution in [3.8, 4) is 0 Å². The maximum atomic E-state index is 11.0. The minimum Gasteiger partial charge on any atom is -0.396 e. The second-order valence-corrected chi connectivity index (χ2v) is 3.26. The predicted molar refractivity (Wildman–Crippen MR) is 59.1 cm³/mol. The monoisotopic (exact) mass is 205 g/mol. The molecule has 3 nitrogen and oxygen atoms in total. The van der Waals surface area contributed by atoms with Gasteiger partial charge in [-0.2, -0.15) is 0 Å². The molecule has 0 bridgehead atoms. The van der Waals surface area contributed by atoms with E-state index in [1.807, 2.05) is 30.3 Å². The number of aliphatic hydroxyl groups is 1. The van der Waals surface area contributed by atoms with E-state index >= 15 is 0 Å². The molecule has 15 heavy (non-hydrogen) atoms. The SMILES string of the molecule is NC(=O)C(=CCc1ccccc1)CCO. The molecule has 1 rings (SSSR count). The molecule has 0 atom stereocenters. The van der Waals surface area contributed by atoms with E-state index in [4.69, 9.17) is 10.8 Å². The molecule has 0 aliphatic carbocycles. The first-order valence-electron chi connectivity index (χ1n) is 4.87. The summed E-state index contributed by atoms with van der Waals surface area (Å²) in [5.74, 6) is -0.458. The van der Waals surface area contributed by atoms with E-state index in [1.165, 1.54) is 0 Å². The summed E-state index contributed by atoms with van der Waals surface area (Å²) in [7, 11) is 0. The number of nitrogens with two attached hydrogens (primary N) is 1. The summed E-state index contributed by atoms with van der Waals surface area (Å²) in [5, 5.41) is 8.73. The van der Waals surface area contributed by atoms with Crippen LogP contribution in [0.15, 0.2) is 42.0 Å². The number of primary amides is 1. The summed E-state index contributed by atoms with van der Waals surface area (Å²) in [6.07, 6.45) is 2.76. The summed E-state index contributed by atoms with van der Waals surface area (Å²) < 4.78 is 0. The van der Waals surface area contributed by atoms with Crippen LogP contribution in [-0.2, 0) is 11.2 Å². The van der Waals surface area contributed by atoms with E-state index in [9.17, 15) is 4.79 Å². The van der Waals surface area contributed by atoms with Gasteiger partial charge in [0.25, 0.3) is 0 Å².